The van der Waals surface area contributed by atoms with Crippen molar-refractivity contribution in [2.75, 3.05) is 4.90 Å². The molecule has 1 amide bonds. The Morgan fingerprint density at radius 1 is 0.966 bits per heavy atom. The van der Waals surface area contributed by atoms with E-state index < -0.39 is 0 Å². The lowest BCUT2D eigenvalue weighted by atomic mass is 10.1. The summed E-state index contributed by atoms with van der Waals surface area (Å²) < 4.78 is 13.4. The van der Waals surface area contributed by atoms with Crippen LogP contribution in [0.25, 0.3) is 6.08 Å². The Hall–Kier alpha value is -2.95. The average molecular weight is 425 g/mol. The van der Waals surface area contributed by atoms with Gasteiger partial charge < -0.3 is 0 Å². The van der Waals surface area contributed by atoms with Gasteiger partial charge in [-0.15, -0.1) is 0 Å². The summed E-state index contributed by atoms with van der Waals surface area (Å²) in [7, 11) is 0. The Balaban J connectivity index is 1.83. The first kappa shape index (κ1) is 19.4. The summed E-state index contributed by atoms with van der Waals surface area (Å²) in [5, 5.41) is 0.928. The van der Waals surface area contributed by atoms with E-state index in [-0.39, 0.29) is 17.4 Å². The standard InChI is InChI=1S/C23H15Cl2FN2O/c1-14-2-10-19(11-3-14)28-22(15-5-8-18(26)9-6-15)27-21(23(28)29)12-16-4-7-17(24)13-20(16)25/h2-13H,1H3/b21-12+. The minimum atomic E-state index is -0.357. The topological polar surface area (TPSA) is 32.7 Å². The van der Waals surface area contributed by atoms with Crippen molar-refractivity contribution >= 4 is 46.7 Å². The smallest absolute Gasteiger partial charge is 0.266 e. The summed E-state index contributed by atoms with van der Waals surface area (Å²) in [6.07, 6.45) is 1.62. The Kier molecular flexibility index (Phi) is 5.22. The van der Waals surface area contributed by atoms with Crippen LogP contribution in [0.5, 0.6) is 0 Å². The van der Waals surface area contributed by atoms with Crippen LogP contribution in [0.3, 0.4) is 0 Å². The van der Waals surface area contributed by atoms with Gasteiger partial charge in [0.2, 0.25) is 0 Å². The molecule has 3 nitrogen and oxygen atoms in total. The molecule has 29 heavy (non-hydrogen) atoms. The highest BCUT2D eigenvalue weighted by molar-refractivity contribution is 6.36. The molecule has 0 saturated heterocycles. The number of benzene rings is 3. The monoisotopic (exact) mass is 424 g/mol. The molecule has 1 heterocycles. The normalized spacial score (nSPS) is 15.2. The maximum atomic E-state index is 13.4. The Morgan fingerprint density at radius 2 is 1.66 bits per heavy atom. The van der Waals surface area contributed by atoms with E-state index in [1.165, 1.54) is 17.0 Å². The number of rotatable bonds is 3. The lowest BCUT2D eigenvalue weighted by Crippen LogP contribution is -2.32. The number of carbonyl (C=O) groups excluding carboxylic acids is 1. The van der Waals surface area contributed by atoms with Crippen LogP contribution in [0, 0.1) is 12.7 Å². The van der Waals surface area contributed by atoms with E-state index in [9.17, 15) is 9.18 Å². The van der Waals surface area contributed by atoms with Gasteiger partial charge in [0.05, 0.1) is 5.69 Å². The first-order valence-electron chi connectivity index (χ1n) is 8.85. The fourth-order valence-corrected chi connectivity index (χ4v) is 3.47. The second-order valence-electron chi connectivity index (χ2n) is 6.61. The summed E-state index contributed by atoms with van der Waals surface area (Å²) in [6, 6.07) is 18.5. The number of aryl methyl sites for hydroxylation is 1. The van der Waals surface area contributed by atoms with E-state index in [2.05, 4.69) is 4.99 Å². The quantitative estimate of drug-likeness (QED) is 0.455. The number of hydrogen-bond acceptors (Lipinski definition) is 2. The second kappa shape index (κ2) is 7.82. The Labute approximate surface area is 177 Å². The van der Waals surface area contributed by atoms with Crippen LogP contribution in [0.2, 0.25) is 10.0 Å². The van der Waals surface area contributed by atoms with Gasteiger partial charge >= 0.3 is 0 Å². The first-order valence-corrected chi connectivity index (χ1v) is 9.60. The van der Waals surface area contributed by atoms with Gasteiger partial charge in [-0.3, -0.25) is 9.69 Å². The summed E-state index contributed by atoms with van der Waals surface area (Å²) in [5.41, 5.74) is 3.24. The van der Waals surface area contributed by atoms with Crippen LogP contribution < -0.4 is 4.90 Å². The van der Waals surface area contributed by atoms with E-state index >= 15 is 0 Å². The molecule has 0 radical (unpaired) electrons. The van der Waals surface area contributed by atoms with E-state index in [4.69, 9.17) is 23.2 Å². The zero-order valence-corrected chi connectivity index (χ0v) is 16.9. The number of halogens is 3. The van der Waals surface area contributed by atoms with Gasteiger partial charge in [-0.1, -0.05) is 47.0 Å². The van der Waals surface area contributed by atoms with Crippen molar-refractivity contribution in [3.05, 3.63) is 105 Å². The third-order valence-electron chi connectivity index (χ3n) is 4.51. The van der Waals surface area contributed by atoms with Crippen LogP contribution in [-0.2, 0) is 4.79 Å². The number of hydrogen-bond donors (Lipinski definition) is 0. The van der Waals surface area contributed by atoms with Crippen molar-refractivity contribution in [1.29, 1.82) is 0 Å². The molecule has 0 unspecified atom stereocenters. The van der Waals surface area contributed by atoms with Crippen molar-refractivity contribution in [1.82, 2.24) is 0 Å². The fraction of sp³-hybridized carbons (Fsp3) is 0.0435. The molecule has 0 saturated carbocycles. The van der Waals surface area contributed by atoms with Crippen molar-refractivity contribution in [2.45, 2.75) is 6.92 Å². The summed E-state index contributed by atoms with van der Waals surface area (Å²) in [6.45, 7) is 1.97. The molecule has 1 aliphatic rings. The zero-order chi connectivity index (χ0) is 20.5. The second-order valence-corrected chi connectivity index (χ2v) is 7.46. The highest BCUT2D eigenvalue weighted by Crippen LogP contribution is 2.30. The SMILES string of the molecule is Cc1ccc(N2C(=O)/C(=C\c3ccc(Cl)cc3Cl)N=C2c2ccc(F)cc2)cc1. The third kappa shape index (κ3) is 3.95. The Bertz CT molecular complexity index is 1150. The van der Waals surface area contributed by atoms with Crippen LogP contribution >= 0.6 is 23.2 Å². The van der Waals surface area contributed by atoms with Crippen molar-refractivity contribution in [3.8, 4) is 0 Å². The largest absolute Gasteiger partial charge is 0.282 e. The molecule has 0 aromatic heterocycles. The number of anilines is 1. The van der Waals surface area contributed by atoms with Gasteiger partial charge in [0, 0.05) is 15.6 Å². The number of carbonyl (C=O) groups is 1. The van der Waals surface area contributed by atoms with E-state index in [1.807, 2.05) is 31.2 Å². The molecular weight excluding hydrogens is 410 g/mol. The molecule has 0 bridgehead atoms. The molecule has 6 heteroatoms. The molecule has 1 aliphatic heterocycles. The van der Waals surface area contributed by atoms with Crippen molar-refractivity contribution in [2.24, 2.45) is 4.99 Å². The van der Waals surface area contributed by atoms with E-state index in [0.717, 1.165) is 5.56 Å². The lowest BCUT2D eigenvalue weighted by molar-refractivity contribution is -0.113. The molecule has 0 N–H and O–H groups in total. The van der Waals surface area contributed by atoms with Crippen molar-refractivity contribution < 1.29 is 9.18 Å². The zero-order valence-electron chi connectivity index (χ0n) is 15.4. The van der Waals surface area contributed by atoms with Gasteiger partial charge in [-0.2, -0.15) is 0 Å². The van der Waals surface area contributed by atoms with E-state index in [0.29, 0.717) is 32.7 Å². The maximum absolute atomic E-state index is 13.4. The third-order valence-corrected chi connectivity index (χ3v) is 5.07. The molecular formula is C23H15Cl2FN2O. The minimum Gasteiger partial charge on any atom is -0.266 e. The number of amides is 1. The van der Waals surface area contributed by atoms with Gasteiger partial charge in [-0.05, 0) is 67.1 Å². The summed E-state index contributed by atoms with van der Waals surface area (Å²) in [4.78, 5) is 19.3. The molecule has 4 rings (SSSR count). The molecule has 144 valence electrons. The fourth-order valence-electron chi connectivity index (χ4n) is 3.01. The molecule has 3 aromatic carbocycles. The average Bonchev–Trinajstić information content (AvgIpc) is 3.01. The predicted octanol–water partition coefficient (Wildman–Crippen LogP) is 6.28. The van der Waals surface area contributed by atoms with Gasteiger partial charge in [0.25, 0.3) is 5.91 Å². The van der Waals surface area contributed by atoms with Crippen LogP contribution in [-0.4, -0.2) is 11.7 Å². The van der Waals surface area contributed by atoms with Gasteiger partial charge in [-0.25, -0.2) is 9.38 Å². The molecule has 0 atom stereocenters. The number of aliphatic imine (C=N–C) groups is 1. The summed E-state index contributed by atoms with van der Waals surface area (Å²) >= 11 is 12.2. The summed E-state index contributed by atoms with van der Waals surface area (Å²) in [5.74, 6) is -0.223. The maximum Gasteiger partial charge on any atom is 0.282 e. The lowest BCUT2D eigenvalue weighted by Gasteiger charge is -2.18. The highest BCUT2D eigenvalue weighted by atomic mass is 35.5. The first-order chi connectivity index (χ1) is 13.9. The van der Waals surface area contributed by atoms with Gasteiger partial charge in [0.15, 0.2) is 0 Å². The van der Waals surface area contributed by atoms with Crippen LogP contribution in [0.1, 0.15) is 16.7 Å². The predicted molar refractivity (Wildman–Crippen MR) is 116 cm³/mol. The minimum absolute atomic E-state index is 0.231. The Morgan fingerprint density at radius 3 is 2.31 bits per heavy atom. The van der Waals surface area contributed by atoms with Crippen molar-refractivity contribution in [3.63, 3.8) is 0 Å². The number of nitrogens with zero attached hydrogens (tertiary/aromatic N) is 2. The van der Waals surface area contributed by atoms with E-state index in [1.54, 1.807) is 36.4 Å². The molecule has 0 spiro atoms. The molecule has 0 aliphatic carbocycles. The molecule has 0 fully saturated rings. The highest BCUT2D eigenvalue weighted by Gasteiger charge is 2.32. The molecule has 3 aromatic rings. The van der Waals surface area contributed by atoms with Gasteiger partial charge in [0.1, 0.15) is 17.3 Å². The number of amidine groups is 1. The van der Waals surface area contributed by atoms with Crippen LogP contribution in [0.15, 0.2) is 77.4 Å². The van der Waals surface area contributed by atoms with Crippen LogP contribution in [0.4, 0.5) is 10.1 Å².